The summed E-state index contributed by atoms with van der Waals surface area (Å²) >= 11 is 1.75. The van der Waals surface area contributed by atoms with Gasteiger partial charge in [0.2, 0.25) is 0 Å². The van der Waals surface area contributed by atoms with Crippen molar-refractivity contribution in [2.45, 2.75) is 51.0 Å². The maximum atomic E-state index is 10.1. The molecule has 1 nitrogen and oxygen atoms in total. The fraction of sp³-hybridized carbons (Fsp3) is 0.692. The summed E-state index contributed by atoms with van der Waals surface area (Å²) < 4.78 is 0. The van der Waals surface area contributed by atoms with E-state index in [2.05, 4.69) is 16.8 Å². The second kappa shape index (κ2) is 5.66. The van der Waals surface area contributed by atoms with Crippen LogP contribution in [0.25, 0.3) is 0 Å². The zero-order chi connectivity index (χ0) is 10.5. The monoisotopic (exact) mass is 224 g/mol. The average molecular weight is 224 g/mol. The van der Waals surface area contributed by atoms with E-state index in [9.17, 15) is 5.11 Å². The molecule has 1 N–H and O–H groups in total. The van der Waals surface area contributed by atoms with Crippen molar-refractivity contribution in [1.82, 2.24) is 0 Å². The number of rotatable bonds is 4. The van der Waals surface area contributed by atoms with Crippen LogP contribution in [-0.4, -0.2) is 11.2 Å². The van der Waals surface area contributed by atoms with E-state index in [4.69, 9.17) is 0 Å². The third kappa shape index (κ3) is 3.32. The molecule has 0 amide bonds. The molecule has 2 heteroatoms. The number of aliphatic hydroxyl groups is 1. The Morgan fingerprint density at radius 3 is 2.80 bits per heavy atom. The molecule has 0 aliphatic heterocycles. The van der Waals surface area contributed by atoms with Gasteiger partial charge in [-0.15, -0.1) is 0 Å². The van der Waals surface area contributed by atoms with Crippen molar-refractivity contribution in [1.29, 1.82) is 0 Å². The van der Waals surface area contributed by atoms with Crippen LogP contribution in [0, 0.1) is 5.92 Å². The quantitative estimate of drug-likeness (QED) is 0.828. The SMILES string of the molecule is OC(CCc1ccsc1)C1CCCCC1. The molecule has 1 fully saturated rings. The van der Waals surface area contributed by atoms with Crippen molar-refractivity contribution < 1.29 is 5.11 Å². The summed E-state index contributed by atoms with van der Waals surface area (Å²) in [4.78, 5) is 0. The first kappa shape index (κ1) is 11.2. The highest BCUT2D eigenvalue weighted by molar-refractivity contribution is 7.07. The lowest BCUT2D eigenvalue weighted by Crippen LogP contribution is -2.23. The van der Waals surface area contributed by atoms with Crippen molar-refractivity contribution in [2.24, 2.45) is 5.92 Å². The van der Waals surface area contributed by atoms with Gasteiger partial charge in [0.15, 0.2) is 0 Å². The molecular formula is C13H20OS. The second-order valence-corrected chi connectivity index (χ2v) is 5.42. The Balaban J connectivity index is 1.74. The molecule has 1 saturated carbocycles. The Hall–Kier alpha value is -0.340. The van der Waals surface area contributed by atoms with Crippen LogP contribution in [0.4, 0.5) is 0 Å². The van der Waals surface area contributed by atoms with Crippen molar-refractivity contribution in [3.8, 4) is 0 Å². The number of aliphatic hydroxyl groups excluding tert-OH is 1. The fourth-order valence-electron chi connectivity index (χ4n) is 2.50. The number of hydrogen-bond donors (Lipinski definition) is 1. The lowest BCUT2D eigenvalue weighted by molar-refractivity contribution is 0.0775. The summed E-state index contributed by atoms with van der Waals surface area (Å²) in [5, 5.41) is 14.4. The van der Waals surface area contributed by atoms with Crippen LogP contribution in [0.3, 0.4) is 0 Å². The van der Waals surface area contributed by atoms with Gasteiger partial charge in [-0.3, -0.25) is 0 Å². The molecule has 1 unspecified atom stereocenters. The summed E-state index contributed by atoms with van der Waals surface area (Å²) in [5.41, 5.74) is 1.38. The van der Waals surface area contributed by atoms with E-state index >= 15 is 0 Å². The summed E-state index contributed by atoms with van der Waals surface area (Å²) in [6.07, 6.45) is 8.41. The van der Waals surface area contributed by atoms with Gasteiger partial charge in [-0.05, 0) is 54.0 Å². The van der Waals surface area contributed by atoms with Crippen LogP contribution in [0.15, 0.2) is 16.8 Å². The van der Waals surface area contributed by atoms with E-state index in [0.29, 0.717) is 5.92 Å². The Kier molecular flexibility index (Phi) is 4.21. The molecule has 0 aromatic carbocycles. The Morgan fingerprint density at radius 1 is 1.33 bits per heavy atom. The number of thiophene rings is 1. The summed E-state index contributed by atoms with van der Waals surface area (Å²) in [6.45, 7) is 0. The van der Waals surface area contributed by atoms with Gasteiger partial charge in [-0.25, -0.2) is 0 Å². The van der Waals surface area contributed by atoms with Gasteiger partial charge in [0.25, 0.3) is 0 Å². The van der Waals surface area contributed by atoms with E-state index in [1.165, 1.54) is 37.7 Å². The minimum atomic E-state index is -0.0646. The molecule has 1 atom stereocenters. The van der Waals surface area contributed by atoms with E-state index < -0.39 is 0 Å². The van der Waals surface area contributed by atoms with Crippen LogP contribution >= 0.6 is 11.3 Å². The van der Waals surface area contributed by atoms with Gasteiger partial charge >= 0.3 is 0 Å². The van der Waals surface area contributed by atoms with Crippen molar-refractivity contribution in [2.75, 3.05) is 0 Å². The van der Waals surface area contributed by atoms with Crippen LogP contribution < -0.4 is 0 Å². The van der Waals surface area contributed by atoms with Gasteiger partial charge in [-0.1, -0.05) is 19.3 Å². The van der Waals surface area contributed by atoms with Crippen molar-refractivity contribution in [3.63, 3.8) is 0 Å². The molecule has 0 spiro atoms. The topological polar surface area (TPSA) is 20.2 Å². The predicted octanol–water partition coefficient (Wildman–Crippen LogP) is 3.62. The first-order valence-electron chi connectivity index (χ1n) is 6.05. The van der Waals surface area contributed by atoms with Crippen LogP contribution in [-0.2, 0) is 6.42 Å². The molecule has 0 radical (unpaired) electrons. The molecule has 1 aliphatic carbocycles. The van der Waals surface area contributed by atoms with Gasteiger partial charge in [-0.2, -0.15) is 11.3 Å². The van der Waals surface area contributed by atoms with Crippen LogP contribution in [0.5, 0.6) is 0 Å². The van der Waals surface area contributed by atoms with E-state index in [1.807, 2.05) is 0 Å². The first-order valence-corrected chi connectivity index (χ1v) is 6.99. The van der Waals surface area contributed by atoms with Gasteiger partial charge in [0.1, 0.15) is 0 Å². The van der Waals surface area contributed by atoms with Crippen molar-refractivity contribution >= 4 is 11.3 Å². The molecule has 1 heterocycles. The standard InChI is InChI=1S/C13H20OS/c14-13(12-4-2-1-3-5-12)7-6-11-8-9-15-10-11/h8-10,12-14H,1-7H2. The zero-order valence-corrected chi connectivity index (χ0v) is 10.0. The molecule has 15 heavy (non-hydrogen) atoms. The summed E-state index contributed by atoms with van der Waals surface area (Å²) in [6, 6.07) is 2.16. The fourth-order valence-corrected chi connectivity index (χ4v) is 3.21. The lowest BCUT2D eigenvalue weighted by atomic mass is 9.83. The predicted molar refractivity (Wildman–Crippen MR) is 65.2 cm³/mol. The highest BCUT2D eigenvalue weighted by Gasteiger charge is 2.21. The van der Waals surface area contributed by atoms with Gasteiger partial charge in [0.05, 0.1) is 6.10 Å². The van der Waals surface area contributed by atoms with Gasteiger partial charge < -0.3 is 5.11 Å². The molecule has 0 saturated heterocycles. The van der Waals surface area contributed by atoms with E-state index in [1.54, 1.807) is 11.3 Å². The summed E-state index contributed by atoms with van der Waals surface area (Å²) in [7, 11) is 0. The smallest absolute Gasteiger partial charge is 0.0571 e. The molecule has 0 bridgehead atoms. The molecule has 1 aromatic rings. The molecule has 1 aliphatic rings. The van der Waals surface area contributed by atoms with Crippen LogP contribution in [0.1, 0.15) is 44.1 Å². The zero-order valence-electron chi connectivity index (χ0n) is 9.19. The van der Waals surface area contributed by atoms with Crippen molar-refractivity contribution in [3.05, 3.63) is 22.4 Å². The largest absolute Gasteiger partial charge is 0.393 e. The average Bonchev–Trinajstić information content (AvgIpc) is 2.80. The van der Waals surface area contributed by atoms with E-state index in [0.717, 1.165) is 12.8 Å². The number of aryl methyl sites for hydroxylation is 1. The third-order valence-electron chi connectivity index (χ3n) is 3.50. The minimum Gasteiger partial charge on any atom is -0.393 e. The number of hydrogen-bond acceptors (Lipinski definition) is 2. The molecular weight excluding hydrogens is 204 g/mol. The maximum absolute atomic E-state index is 10.1. The minimum absolute atomic E-state index is 0.0646. The highest BCUT2D eigenvalue weighted by atomic mass is 32.1. The normalized spacial score (nSPS) is 20.3. The van der Waals surface area contributed by atoms with Gasteiger partial charge in [0, 0.05) is 0 Å². The maximum Gasteiger partial charge on any atom is 0.0571 e. The molecule has 84 valence electrons. The van der Waals surface area contributed by atoms with E-state index in [-0.39, 0.29) is 6.10 Å². The lowest BCUT2D eigenvalue weighted by Gasteiger charge is -2.26. The summed E-state index contributed by atoms with van der Waals surface area (Å²) in [5.74, 6) is 0.581. The molecule has 1 aromatic heterocycles. The second-order valence-electron chi connectivity index (χ2n) is 4.64. The Bertz CT molecular complexity index is 262. The Labute approximate surface area is 96.1 Å². The Morgan fingerprint density at radius 2 is 2.13 bits per heavy atom. The third-order valence-corrected chi connectivity index (χ3v) is 4.23. The molecule has 2 rings (SSSR count). The van der Waals surface area contributed by atoms with Crippen LogP contribution in [0.2, 0.25) is 0 Å². The first-order chi connectivity index (χ1) is 7.36. The highest BCUT2D eigenvalue weighted by Crippen LogP contribution is 2.28.